The minimum Gasteiger partial charge on any atom is -0.309 e. The van der Waals surface area contributed by atoms with Crippen molar-refractivity contribution in [3.8, 4) is 0 Å². The lowest BCUT2D eigenvalue weighted by molar-refractivity contribution is 0.302. The van der Waals surface area contributed by atoms with Gasteiger partial charge in [0.15, 0.2) is 0 Å². The highest BCUT2D eigenvalue weighted by molar-refractivity contribution is 14.1. The van der Waals surface area contributed by atoms with Crippen molar-refractivity contribution in [2.75, 3.05) is 0 Å². The Balaban J connectivity index is 2.08. The Labute approximate surface area is 122 Å². The van der Waals surface area contributed by atoms with Gasteiger partial charge in [0.05, 0.1) is 9.26 Å². The van der Waals surface area contributed by atoms with Gasteiger partial charge in [-0.1, -0.05) is 19.8 Å². The molecule has 0 aromatic carbocycles. The van der Waals surface area contributed by atoms with Gasteiger partial charge in [-0.2, -0.15) is 0 Å². The van der Waals surface area contributed by atoms with Gasteiger partial charge < -0.3 is 4.98 Å². The monoisotopic (exact) mass is 360 g/mol. The number of nitrogens with one attached hydrogen (secondary N) is 1. The molecule has 1 aromatic heterocycles. The molecule has 2 rings (SSSR count). The lowest BCUT2D eigenvalue weighted by atomic mass is 9.80. The molecule has 1 saturated carbocycles. The molecule has 1 aromatic rings. The lowest BCUT2D eigenvalue weighted by Gasteiger charge is -2.27. The zero-order valence-electron chi connectivity index (χ0n) is 11.1. The molecular weight excluding hydrogens is 339 g/mol. The lowest BCUT2D eigenvalue weighted by Crippen LogP contribution is -2.21. The van der Waals surface area contributed by atoms with Gasteiger partial charge in [0, 0.05) is 5.92 Å². The van der Waals surface area contributed by atoms with Crippen LogP contribution in [0.2, 0.25) is 0 Å². The first kappa shape index (κ1) is 14.0. The van der Waals surface area contributed by atoms with Crippen LogP contribution in [0.3, 0.4) is 0 Å². The Kier molecular flexibility index (Phi) is 4.81. The quantitative estimate of drug-likeness (QED) is 0.835. The maximum Gasteiger partial charge on any atom is 0.264 e. The molecular formula is C14H21IN2O. The summed E-state index contributed by atoms with van der Waals surface area (Å²) < 4.78 is 0.719. The van der Waals surface area contributed by atoms with E-state index in [0.29, 0.717) is 5.92 Å². The van der Waals surface area contributed by atoms with Crippen LogP contribution in [0.25, 0.3) is 0 Å². The van der Waals surface area contributed by atoms with Crippen LogP contribution in [0.15, 0.2) is 4.79 Å². The molecule has 0 unspecified atom stereocenters. The summed E-state index contributed by atoms with van der Waals surface area (Å²) >= 11 is 2.06. The van der Waals surface area contributed by atoms with Crippen molar-refractivity contribution in [2.45, 2.75) is 58.3 Å². The molecule has 0 atom stereocenters. The predicted molar refractivity (Wildman–Crippen MR) is 81.9 cm³/mol. The van der Waals surface area contributed by atoms with Crippen molar-refractivity contribution in [1.29, 1.82) is 0 Å². The van der Waals surface area contributed by atoms with Crippen LogP contribution >= 0.6 is 22.6 Å². The van der Waals surface area contributed by atoms with E-state index >= 15 is 0 Å². The number of H-pyrrole nitrogens is 1. The molecule has 0 saturated heterocycles. The summed E-state index contributed by atoms with van der Waals surface area (Å²) in [5.74, 6) is 2.26. The van der Waals surface area contributed by atoms with E-state index < -0.39 is 0 Å². The van der Waals surface area contributed by atoms with E-state index in [1.807, 2.05) is 6.92 Å². The van der Waals surface area contributed by atoms with E-state index in [1.54, 1.807) is 0 Å². The molecule has 0 aliphatic heterocycles. The van der Waals surface area contributed by atoms with E-state index in [0.717, 1.165) is 21.0 Å². The van der Waals surface area contributed by atoms with Crippen LogP contribution in [0.4, 0.5) is 0 Å². The van der Waals surface area contributed by atoms with Crippen molar-refractivity contribution in [3.05, 3.63) is 25.4 Å². The number of nitrogens with zero attached hydrogens (tertiary/aromatic N) is 1. The van der Waals surface area contributed by atoms with Gasteiger partial charge in [0.2, 0.25) is 0 Å². The smallest absolute Gasteiger partial charge is 0.264 e. The van der Waals surface area contributed by atoms with Gasteiger partial charge >= 0.3 is 0 Å². The zero-order chi connectivity index (χ0) is 13.1. The number of hydrogen-bond donors (Lipinski definition) is 1. The number of aromatic amines is 1. The number of rotatable bonds is 3. The first-order chi connectivity index (χ1) is 8.61. The molecule has 0 bridgehead atoms. The van der Waals surface area contributed by atoms with Crippen molar-refractivity contribution >= 4 is 22.6 Å². The molecule has 1 N–H and O–H groups in total. The second kappa shape index (κ2) is 6.17. The fourth-order valence-corrected chi connectivity index (χ4v) is 3.17. The topological polar surface area (TPSA) is 45.8 Å². The summed E-state index contributed by atoms with van der Waals surface area (Å²) in [6.07, 6.45) is 7.55. The second-order valence-corrected chi connectivity index (χ2v) is 6.44. The predicted octanol–water partition coefficient (Wildman–Crippen LogP) is 3.76. The molecule has 0 spiro atoms. The van der Waals surface area contributed by atoms with Crippen LogP contribution < -0.4 is 5.56 Å². The Hall–Kier alpha value is -0.390. The molecule has 1 heterocycles. The molecule has 1 aliphatic rings. The third-order valence-electron chi connectivity index (χ3n) is 3.98. The highest BCUT2D eigenvalue weighted by Gasteiger charge is 2.24. The standard InChI is InChI=1S/C14H21IN2O/c1-3-4-10-5-7-11(8-6-10)13-16-9(2)12(15)14(18)17-13/h10-11H,3-8H2,1-2H3,(H,16,17,18). The van der Waals surface area contributed by atoms with E-state index in [2.05, 4.69) is 39.5 Å². The highest BCUT2D eigenvalue weighted by atomic mass is 127. The second-order valence-electron chi connectivity index (χ2n) is 5.36. The first-order valence-corrected chi connectivity index (χ1v) is 7.96. The van der Waals surface area contributed by atoms with Crippen molar-refractivity contribution in [3.63, 3.8) is 0 Å². The first-order valence-electron chi connectivity index (χ1n) is 6.88. The molecule has 0 radical (unpaired) electrons. The highest BCUT2D eigenvalue weighted by Crippen LogP contribution is 2.35. The van der Waals surface area contributed by atoms with Crippen molar-refractivity contribution in [2.24, 2.45) is 5.92 Å². The van der Waals surface area contributed by atoms with Crippen LogP contribution in [0, 0.1) is 16.4 Å². The van der Waals surface area contributed by atoms with Crippen LogP contribution in [-0.2, 0) is 0 Å². The maximum atomic E-state index is 11.8. The van der Waals surface area contributed by atoms with Crippen molar-refractivity contribution in [1.82, 2.24) is 9.97 Å². The summed E-state index contributed by atoms with van der Waals surface area (Å²) in [5.41, 5.74) is 0.888. The Bertz CT molecular complexity index is 461. The van der Waals surface area contributed by atoms with Gasteiger partial charge in [-0.3, -0.25) is 4.79 Å². The summed E-state index contributed by atoms with van der Waals surface area (Å²) in [4.78, 5) is 19.3. The molecule has 18 heavy (non-hydrogen) atoms. The minimum absolute atomic E-state index is 0.0220. The molecule has 4 heteroatoms. The van der Waals surface area contributed by atoms with Crippen LogP contribution in [0.5, 0.6) is 0 Å². The third-order valence-corrected chi connectivity index (χ3v) is 5.25. The number of aryl methyl sites for hydroxylation is 1. The molecule has 1 fully saturated rings. The van der Waals surface area contributed by atoms with E-state index in [4.69, 9.17) is 0 Å². The average Bonchev–Trinajstić information content (AvgIpc) is 2.37. The minimum atomic E-state index is 0.0220. The Morgan fingerprint density at radius 1 is 1.33 bits per heavy atom. The van der Waals surface area contributed by atoms with E-state index in [-0.39, 0.29) is 5.56 Å². The van der Waals surface area contributed by atoms with Crippen LogP contribution in [-0.4, -0.2) is 9.97 Å². The van der Waals surface area contributed by atoms with Gasteiger partial charge in [-0.25, -0.2) is 4.98 Å². The van der Waals surface area contributed by atoms with E-state index in [9.17, 15) is 4.79 Å². The zero-order valence-corrected chi connectivity index (χ0v) is 13.3. The van der Waals surface area contributed by atoms with Gasteiger partial charge in [0.1, 0.15) is 5.82 Å². The summed E-state index contributed by atoms with van der Waals surface area (Å²) in [5, 5.41) is 0. The summed E-state index contributed by atoms with van der Waals surface area (Å²) in [6.45, 7) is 4.18. The normalized spacial score (nSPS) is 24.2. The third kappa shape index (κ3) is 3.13. The molecule has 3 nitrogen and oxygen atoms in total. The number of hydrogen-bond acceptors (Lipinski definition) is 2. The maximum absolute atomic E-state index is 11.8. The average molecular weight is 360 g/mol. The van der Waals surface area contributed by atoms with Crippen molar-refractivity contribution < 1.29 is 0 Å². The van der Waals surface area contributed by atoms with Gasteiger partial charge in [-0.15, -0.1) is 0 Å². The molecule has 1 aliphatic carbocycles. The van der Waals surface area contributed by atoms with Gasteiger partial charge in [0.25, 0.3) is 5.56 Å². The Morgan fingerprint density at radius 3 is 2.56 bits per heavy atom. The summed E-state index contributed by atoms with van der Waals surface area (Å²) in [6, 6.07) is 0. The summed E-state index contributed by atoms with van der Waals surface area (Å²) in [7, 11) is 0. The van der Waals surface area contributed by atoms with E-state index in [1.165, 1.54) is 38.5 Å². The molecule has 100 valence electrons. The van der Waals surface area contributed by atoms with Gasteiger partial charge in [-0.05, 0) is 61.1 Å². The SMILES string of the molecule is CCCC1CCC(c2nc(C)c(I)c(=O)[nH]2)CC1. The fraction of sp³-hybridized carbons (Fsp3) is 0.714. The van der Waals surface area contributed by atoms with Crippen LogP contribution in [0.1, 0.15) is 62.9 Å². The molecule has 0 amide bonds. The fourth-order valence-electron chi connectivity index (χ4n) is 2.92. The largest absolute Gasteiger partial charge is 0.309 e. The Morgan fingerprint density at radius 2 is 2.00 bits per heavy atom. The number of aromatic nitrogens is 2. The number of halogens is 1.